The van der Waals surface area contributed by atoms with Crippen LogP contribution in [0.5, 0.6) is 23.0 Å². The van der Waals surface area contributed by atoms with Gasteiger partial charge in [-0.1, -0.05) is 35.9 Å². The Kier molecular flexibility index (Phi) is 10.3. The van der Waals surface area contributed by atoms with Crippen LogP contribution >= 0.6 is 35.1 Å². The summed E-state index contributed by atoms with van der Waals surface area (Å²) in [5, 5.41) is -0.644. The van der Waals surface area contributed by atoms with E-state index < -0.39 is 27.8 Å². The van der Waals surface area contributed by atoms with Crippen LogP contribution in [0.4, 0.5) is 0 Å². The molecule has 2 radical (unpaired) electrons. The van der Waals surface area contributed by atoms with Gasteiger partial charge in [0.1, 0.15) is 36.1 Å². The van der Waals surface area contributed by atoms with Crippen LogP contribution < -0.4 is 24.7 Å². The van der Waals surface area contributed by atoms with Crippen LogP contribution in [0.1, 0.15) is 21.5 Å². The molecule has 3 aliphatic heterocycles. The van der Waals surface area contributed by atoms with Gasteiger partial charge in [0, 0.05) is 18.3 Å². The number of fused-ring (bicyclic) bond motifs is 1. The first-order valence-corrected chi connectivity index (χ1v) is 17.2. The molecule has 16 heteroatoms. The van der Waals surface area contributed by atoms with Gasteiger partial charge in [-0.05, 0) is 47.5 Å². The van der Waals surface area contributed by atoms with Gasteiger partial charge in [-0.25, -0.2) is 0 Å². The standard InChI is InChI=1S/C33H31BClN3O9S2/c1-43-20-7-3-18(4-8-20)15-45-24-12-11-23(25(35)28(24)46-16-19-5-9-21(44-2)10-6-19)27(39)30(41)37-13-22(14-37)48-33(32(42)47-34)17-38-29(40)26(36)31(38)49-33/h3-12,22,26,31H,13-17,36H2,1-2H3/t26?,31-,33-/m1/s1. The maximum Gasteiger partial charge on any atom is 0.378 e. The first-order chi connectivity index (χ1) is 23.6. The van der Waals surface area contributed by atoms with Crippen LogP contribution in [-0.4, -0.2) is 96.0 Å². The number of amides is 2. The molecule has 254 valence electrons. The average molecular weight is 724 g/mol. The van der Waals surface area contributed by atoms with Crippen molar-refractivity contribution in [2.24, 2.45) is 5.73 Å². The number of hydrogen-bond acceptors (Lipinski definition) is 12. The molecule has 1 unspecified atom stereocenters. The Hall–Kier alpha value is -4.05. The second-order valence-corrected chi connectivity index (χ2v) is 15.1. The Bertz CT molecular complexity index is 1760. The summed E-state index contributed by atoms with van der Waals surface area (Å²) < 4.78 is 26.0. The van der Waals surface area contributed by atoms with E-state index in [1.165, 1.54) is 39.4 Å². The minimum absolute atomic E-state index is 0.0456. The van der Waals surface area contributed by atoms with Crippen molar-refractivity contribution >= 4 is 66.7 Å². The normalized spacial score (nSPS) is 21.3. The lowest BCUT2D eigenvalue weighted by Gasteiger charge is -2.41. The first-order valence-electron chi connectivity index (χ1n) is 15.1. The van der Waals surface area contributed by atoms with Gasteiger partial charge < -0.3 is 39.1 Å². The van der Waals surface area contributed by atoms with E-state index in [1.54, 1.807) is 32.4 Å². The fraction of sp³-hybridized carbons (Fsp3) is 0.333. The van der Waals surface area contributed by atoms with Crippen LogP contribution in [0.2, 0.25) is 5.02 Å². The fourth-order valence-corrected chi connectivity index (χ4v) is 9.50. The van der Waals surface area contributed by atoms with E-state index in [0.29, 0.717) is 11.5 Å². The summed E-state index contributed by atoms with van der Waals surface area (Å²) in [7, 11) is 8.39. The molecule has 3 aromatic carbocycles. The molecule has 2 N–H and O–H groups in total. The highest BCUT2D eigenvalue weighted by molar-refractivity contribution is 8.20. The number of benzene rings is 3. The lowest BCUT2D eigenvalue weighted by molar-refractivity contribution is -0.144. The molecule has 3 heterocycles. The molecular weight excluding hydrogens is 693 g/mol. The van der Waals surface area contributed by atoms with E-state index in [-0.39, 0.29) is 71.5 Å². The molecule has 49 heavy (non-hydrogen) atoms. The predicted octanol–water partition coefficient (Wildman–Crippen LogP) is 3.21. The number of hydrogen-bond donors (Lipinski definition) is 1. The monoisotopic (exact) mass is 723 g/mol. The third-order valence-corrected chi connectivity index (χ3v) is 12.1. The molecule has 12 nitrogen and oxygen atoms in total. The quantitative estimate of drug-likeness (QED) is 0.120. The van der Waals surface area contributed by atoms with E-state index in [4.69, 9.17) is 44.3 Å². The van der Waals surface area contributed by atoms with Crippen molar-refractivity contribution in [1.82, 2.24) is 9.80 Å². The van der Waals surface area contributed by atoms with Crippen LogP contribution in [0.15, 0.2) is 60.7 Å². The molecule has 0 saturated carbocycles. The number of halogens is 1. The number of ketones is 1. The van der Waals surface area contributed by atoms with Gasteiger partial charge >= 0.3 is 14.0 Å². The van der Waals surface area contributed by atoms with E-state index >= 15 is 0 Å². The molecule has 3 aliphatic rings. The average Bonchev–Trinajstić information content (AvgIpc) is 3.48. The summed E-state index contributed by atoms with van der Waals surface area (Å²) in [6.45, 7) is 0.719. The van der Waals surface area contributed by atoms with Crippen molar-refractivity contribution in [3.8, 4) is 23.0 Å². The molecule has 0 aliphatic carbocycles. The maximum atomic E-state index is 13.5. The zero-order valence-corrected chi connectivity index (χ0v) is 28.8. The minimum Gasteiger partial charge on any atom is -0.542 e. The number of nitrogens with zero attached hydrogens (tertiary/aromatic N) is 2. The molecule has 3 atom stereocenters. The van der Waals surface area contributed by atoms with Gasteiger partial charge in [-0.2, -0.15) is 0 Å². The summed E-state index contributed by atoms with van der Waals surface area (Å²) in [6, 6.07) is 16.9. The van der Waals surface area contributed by atoms with Gasteiger partial charge in [0.25, 0.3) is 11.7 Å². The number of β-lactam (4-membered cyclic amide) rings is 1. The number of thioether (sulfide) groups is 2. The highest BCUT2D eigenvalue weighted by atomic mass is 35.5. The number of rotatable bonds is 13. The van der Waals surface area contributed by atoms with Gasteiger partial charge in [-0.15, -0.1) is 23.5 Å². The Balaban J connectivity index is 1.15. The van der Waals surface area contributed by atoms with E-state index in [0.717, 1.165) is 11.1 Å². The Morgan fingerprint density at radius 2 is 1.55 bits per heavy atom. The molecule has 2 amide bonds. The van der Waals surface area contributed by atoms with Crippen molar-refractivity contribution in [3.05, 3.63) is 82.4 Å². The number of ether oxygens (including phenoxy) is 4. The number of nitrogens with two attached hydrogens (primary N) is 1. The SMILES string of the molecule is [B]OC(=O)[C@@]1(SC2CN(C(=O)C(=O)c3ccc(OCc4ccc(OC)cc4)c(OCc4ccc(OC)cc4)c3Cl)C2)CN2C(=O)C(N)[C@H]2S1. The maximum absolute atomic E-state index is 13.5. The van der Waals surface area contributed by atoms with Crippen molar-refractivity contribution in [3.63, 3.8) is 0 Å². The van der Waals surface area contributed by atoms with Crippen LogP contribution in [0, 0.1) is 0 Å². The second kappa shape index (κ2) is 14.4. The summed E-state index contributed by atoms with van der Waals surface area (Å²) in [6.07, 6.45) is 0. The molecular formula is C33H31BClN3O9S2. The molecule has 0 bridgehead atoms. The fourth-order valence-electron chi connectivity index (χ4n) is 5.56. The number of carbonyl (C=O) groups is 4. The lowest BCUT2D eigenvalue weighted by Crippen LogP contribution is -2.64. The van der Waals surface area contributed by atoms with Crippen LogP contribution in [-0.2, 0) is 32.3 Å². The van der Waals surface area contributed by atoms with Gasteiger partial charge in [0.2, 0.25) is 5.91 Å². The smallest absolute Gasteiger partial charge is 0.378 e. The summed E-state index contributed by atoms with van der Waals surface area (Å²) in [5.74, 6) is -0.742. The van der Waals surface area contributed by atoms with Gasteiger partial charge in [0.15, 0.2) is 15.6 Å². The largest absolute Gasteiger partial charge is 0.542 e. The van der Waals surface area contributed by atoms with E-state index in [9.17, 15) is 19.2 Å². The van der Waals surface area contributed by atoms with Crippen molar-refractivity contribution < 1.29 is 42.8 Å². The van der Waals surface area contributed by atoms with Crippen molar-refractivity contribution in [2.75, 3.05) is 33.9 Å². The van der Waals surface area contributed by atoms with E-state index in [2.05, 4.69) is 4.65 Å². The van der Waals surface area contributed by atoms with Crippen molar-refractivity contribution in [2.45, 2.75) is 34.0 Å². The topological polar surface area (TPSA) is 147 Å². The third kappa shape index (κ3) is 6.89. The molecule has 3 fully saturated rings. The van der Waals surface area contributed by atoms with E-state index in [1.807, 2.05) is 36.4 Å². The summed E-state index contributed by atoms with van der Waals surface area (Å²) in [4.78, 5) is 54.7. The third-order valence-electron chi connectivity index (χ3n) is 8.38. The Labute approximate surface area is 297 Å². The molecule has 3 aromatic rings. The zero-order chi connectivity index (χ0) is 34.9. The Morgan fingerprint density at radius 3 is 2.10 bits per heavy atom. The molecule has 0 spiro atoms. The molecule has 6 rings (SSSR count). The number of methoxy groups -OCH3 is 2. The second-order valence-electron chi connectivity index (χ2n) is 11.5. The zero-order valence-electron chi connectivity index (χ0n) is 26.5. The first kappa shape index (κ1) is 34.8. The summed E-state index contributed by atoms with van der Waals surface area (Å²) >= 11 is 9.25. The molecule has 3 saturated heterocycles. The van der Waals surface area contributed by atoms with Gasteiger partial charge in [-0.3, -0.25) is 19.2 Å². The predicted molar refractivity (Wildman–Crippen MR) is 184 cm³/mol. The number of likely N-dealkylation sites (tertiary alicyclic amines) is 1. The van der Waals surface area contributed by atoms with Gasteiger partial charge in [0.05, 0.1) is 31.4 Å². The highest BCUT2D eigenvalue weighted by Crippen LogP contribution is 2.54. The number of carbonyl (C=O) groups excluding carboxylic acids is 4. The highest BCUT2D eigenvalue weighted by Gasteiger charge is 2.62. The van der Waals surface area contributed by atoms with Crippen LogP contribution in [0.3, 0.4) is 0 Å². The van der Waals surface area contributed by atoms with Crippen molar-refractivity contribution in [1.29, 1.82) is 0 Å². The number of Topliss-reactive ketones (excluding diaryl/α,β-unsaturated/α-hetero) is 1. The Morgan fingerprint density at radius 1 is 0.959 bits per heavy atom. The van der Waals surface area contributed by atoms with Crippen LogP contribution in [0.25, 0.3) is 0 Å². The lowest BCUT2D eigenvalue weighted by atomic mass is 10.1. The molecule has 0 aromatic heterocycles. The minimum atomic E-state index is -1.19. The summed E-state index contributed by atoms with van der Waals surface area (Å²) in [5.41, 5.74) is 7.53.